The first-order valence-electron chi connectivity index (χ1n) is 4.50. The quantitative estimate of drug-likeness (QED) is 0.568. The molecule has 0 aliphatic heterocycles. The summed E-state index contributed by atoms with van der Waals surface area (Å²) in [6, 6.07) is -0.884. The molecule has 0 saturated carbocycles. The van der Waals surface area contributed by atoms with E-state index in [1.54, 1.807) is 20.8 Å². The van der Waals surface area contributed by atoms with Crippen molar-refractivity contribution < 1.29 is 19.1 Å². The molecule has 1 N–H and O–H groups in total. The zero-order chi connectivity index (χ0) is 12.1. The van der Waals surface area contributed by atoms with Crippen molar-refractivity contribution in [2.45, 2.75) is 32.4 Å². The predicted octanol–water partition coefficient (Wildman–Crippen LogP) is 1.24. The minimum Gasteiger partial charge on any atom is -0.467 e. The smallest absolute Gasteiger partial charge is 0.408 e. The lowest BCUT2D eigenvalue weighted by atomic mass is 10.2. The van der Waals surface area contributed by atoms with Gasteiger partial charge in [-0.15, -0.1) is 6.58 Å². The normalized spacial score (nSPS) is 12.5. The average Bonchev–Trinajstić information content (AvgIpc) is 2.10. The van der Waals surface area contributed by atoms with Crippen LogP contribution in [-0.4, -0.2) is 30.8 Å². The summed E-state index contributed by atoms with van der Waals surface area (Å²) in [6.45, 7) is 8.60. The largest absolute Gasteiger partial charge is 0.467 e. The highest BCUT2D eigenvalue weighted by Crippen LogP contribution is 2.06. The highest BCUT2D eigenvalue weighted by atomic mass is 16.6. The van der Waals surface area contributed by atoms with Crippen molar-refractivity contribution in [2.75, 3.05) is 7.11 Å². The van der Waals surface area contributed by atoms with E-state index < -0.39 is 23.7 Å². The molecule has 0 aliphatic rings. The maximum absolute atomic E-state index is 11.3. The van der Waals surface area contributed by atoms with E-state index in [0.717, 1.165) is 0 Å². The number of ether oxygens (including phenoxy) is 2. The van der Waals surface area contributed by atoms with Gasteiger partial charge in [-0.05, 0) is 20.8 Å². The molecule has 15 heavy (non-hydrogen) atoms. The molecule has 0 heterocycles. The minimum absolute atomic E-state index is 0.587. The number of carbonyl (C=O) groups is 2. The molecule has 0 aromatic carbocycles. The van der Waals surface area contributed by atoms with Gasteiger partial charge in [0.25, 0.3) is 0 Å². The first kappa shape index (κ1) is 13.5. The van der Waals surface area contributed by atoms with Gasteiger partial charge in [-0.2, -0.15) is 0 Å². The molecule has 0 spiro atoms. The summed E-state index contributed by atoms with van der Waals surface area (Å²) in [6.07, 6.45) is 0.591. The van der Waals surface area contributed by atoms with Gasteiger partial charge >= 0.3 is 12.1 Å². The zero-order valence-electron chi connectivity index (χ0n) is 9.49. The van der Waals surface area contributed by atoms with Crippen molar-refractivity contribution >= 4 is 12.1 Å². The van der Waals surface area contributed by atoms with E-state index in [0.29, 0.717) is 0 Å². The SMILES string of the molecule is C=CC(NC(=O)OC(C)(C)C)C(=O)OC. The van der Waals surface area contributed by atoms with E-state index in [1.165, 1.54) is 13.2 Å². The second-order valence-corrected chi connectivity index (χ2v) is 3.88. The molecule has 0 radical (unpaired) electrons. The number of hydrogen-bond acceptors (Lipinski definition) is 4. The van der Waals surface area contributed by atoms with Crippen LogP contribution in [0.15, 0.2) is 12.7 Å². The van der Waals surface area contributed by atoms with Gasteiger partial charge in [0.2, 0.25) is 0 Å². The maximum atomic E-state index is 11.3. The van der Waals surface area contributed by atoms with Crippen LogP contribution in [0.1, 0.15) is 20.8 Å². The van der Waals surface area contributed by atoms with Crippen molar-refractivity contribution in [3.63, 3.8) is 0 Å². The average molecular weight is 215 g/mol. The predicted molar refractivity (Wildman–Crippen MR) is 55.4 cm³/mol. The highest BCUT2D eigenvalue weighted by Gasteiger charge is 2.22. The first-order valence-corrected chi connectivity index (χ1v) is 4.50. The molecule has 1 atom stereocenters. The standard InChI is InChI=1S/C10H17NO4/c1-6-7(8(12)14-5)11-9(13)15-10(2,3)4/h6-7H,1H2,2-5H3,(H,11,13). The fourth-order valence-electron chi connectivity index (χ4n) is 0.776. The van der Waals surface area contributed by atoms with Crippen LogP contribution < -0.4 is 5.32 Å². The molecule has 0 bridgehead atoms. The second kappa shape index (κ2) is 5.38. The summed E-state index contributed by atoms with van der Waals surface area (Å²) in [5.74, 6) is -0.587. The molecule has 0 aromatic rings. The van der Waals surface area contributed by atoms with Crippen molar-refractivity contribution in [1.29, 1.82) is 0 Å². The molecule has 86 valence electrons. The third-order valence-corrected chi connectivity index (χ3v) is 1.36. The Morgan fingerprint density at radius 2 is 1.93 bits per heavy atom. The molecule has 1 amide bonds. The van der Waals surface area contributed by atoms with E-state index in [-0.39, 0.29) is 0 Å². The lowest BCUT2D eigenvalue weighted by Crippen LogP contribution is -2.42. The van der Waals surface area contributed by atoms with E-state index in [2.05, 4.69) is 16.6 Å². The van der Waals surface area contributed by atoms with Crippen LogP contribution in [0.5, 0.6) is 0 Å². The van der Waals surface area contributed by atoms with Gasteiger partial charge < -0.3 is 14.8 Å². The Labute approximate surface area is 89.4 Å². The molecular weight excluding hydrogens is 198 g/mol. The van der Waals surface area contributed by atoms with Crippen molar-refractivity contribution in [3.8, 4) is 0 Å². The monoisotopic (exact) mass is 215 g/mol. The lowest BCUT2D eigenvalue weighted by molar-refractivity contribution is -0.141. The fraction of sp³-hybridized carbons (Fsp3) is 0.600. The molecule has 5 nitrogen and oxygen atoms in total. The Hall–Kier alpha value is -1.52. The Balaban J connectivity index is 4.26. The number of nitrogens with one attached hydrogen (secondary N) is 1. The lowest BCUT2D eigenvalue weighted by Gasteiger charge is -2.21. The molecule has 0 rings (SSSR count). The van der Waals surface area contributed by atoms with Crippen LogP contribution in [0.4, 0.5) is 4.79 Å². The molecular formula is C10H17NO4. The summed E-state index contributed by atoms with van der Waals surface area (Å²) < 4.78 is 9.41. The number of carbonyl (C=O) groups excluding carboxylic acids is 2. The Kier molecular flexibility index (Phi) is 4.84. The van der Waals surface area contributed by atoms with Crippen molar-refractivity contribution in [3.05, 3.63) is 12.7 Å². The third-order valence-electron chi connectivity index (χ3n) is 1.36. The molecule has 0 saturated heterocycles. The molecule has 0 fully saturated rings. The van der Waals surface area contributed by atoms with Gasteiger partial charge in [0.05, 0.1) is 7.11 Å². The van der Waals surface area contributed by atoms with Crippen LogP contribution in [0.2, 0.25) is 0 Å². The third kappa shape index (κ3) is 5.72. The Morgan fingerprint density at radius 1 is 1.40 bits per heavy atom. The van der Waals surface area contributed by atoms with Crippen molar-refractivity contribution in [2.24, 2.45) is 0 Å². The number of hydrogen-bond donors (Lipinski definition) is 1. The molecule has 5 heteroatoms. The van der Waals surface area contributed by atoms with Gasteiger partial charge in [0.15, 0.2) is 0 Å². The van der Waals surface area contributed by atoms with Gasteiger partial charge in [-0.1, -0.05) is 6.08 Å². The fourth-order valence-corrected chi connectivity index (χ4v) is 0.776. The number of methoxy groups -OCH3 is 1. The number of esters is 1. The number of alkyl carbamates (subject to hydrolysis) is 1. The molecule has 0 aromatic heterocycles. The van der Waals surface area contributed by atoms with E-state index in [9.17, 15) is 9.59 Å². The van der Waals surface area contributed by atoms with Gasteiger partial charge in [0, 0.05) is 0 Å². The van der Waals surface area contributed by atoms with Gasteiger partial charge in [-0.3, -0.25) is 0 Å². The summed E-state index contributed by atoms with van der Waals surface area (Å²) in [7, 11) is 1.23. The minimum atomic E-state index is -0.884. The van der Waals surface area contributed by atoms with Crippen LogP contribution in [0, 0.1) is 0 Å². The number of rotatable bonds is 3. The summed E-state index contributed by atoms with van der Waals surface area (Å²) in [4.78, 5) is 22.3. The Bertz CT molecular complexity index is 255. The van der Waals surface area contributed by atoms with E-state index in [4.69, 9.17) is 4.74 Å². The van der Waals surface area contributed by atoms with E-state index >= 15 is 0 Å². The summed E-state index contributed by atoms with van der Waals surface area (Å²) in [5.41, 5.74) is -0.605. The maximum Gasteiger partial charge on any atom is 0.408 e. The van der Waals surface area contributed by atoms with Crippen LogP contribution in [0.3, 0.4) is 0 Å². The molecule has 1 unspecified atom stereocenters. The van der Waals surface area contributed by atoms with Crippen LogP contribution in [-0.2, 0) is 14.3 Å². The highest BCUT2D eigenvalue weighted by molar-refractivity contribution is 5.83. The number of amides is 1. The van der Waals surface area contributed by atoms with Crippen LogP contribution >= 0.6 is 0 Å². The zero-order valence-corrected chi connectivity index (χ0v) is 9.49. The van der Waals surface area contributed by atoms with Crippen molar-refractivity contribution in [1.82, 2.24) is 5.32 Å². The molecule has 0 aliphatic carbocycles. The second-order valence-electron chi connectivity index (χ2n) is 3.88. The van der Waals surface area contributed by atoms with Gasteiger partial charge in [0.1, 0.15) is 11.6 Å². The van der Waals surface area contributed by atoms with E-state index in [1.807, 2.05) is 0 Å². The summed E-state index contributed by atoms with van der Waals surface area (Å²) >= 11 is 0. The van der Waals surface area contributed by atoms with Gasteiger partial charge in [-0.25, -0.2) is 9.59 Å². The topological polar surface area (TPSA) is 64.6 Å². The first-order chi connectivity index (χ1) is 6.80. The summed E-state index contributed by atoms with van der Waals surface area (Å²) in [5, 5.41) is 2.32. The van der Waals surface area contributed by atoms with Crippen LogP contribution in [0.25, 0.3) is 0 Å². The Morgan fingerprint density at radius 3 is 2.27 bits per heavy atom.